The third-order valence-electron chi connectivity index (χ3n) is 4.32. The Balaban J connectivity index is 2.10. The SMILES string of the molecule is CCC(NC1CCCC1(C)C)c1cccc(Cl)c1. The van der Waals surface area contributed by atoms with Crippen molar-refractivity contribution in [1.29, 1.82) is 0 Å². The first-order chi connectivity index (χ1) is 8.53. The van der Waals surface area contributed by atoms with E-state index in [0.717, 1.165) is 11.4 Å². The van der Waals surface area contributed by atoms with E-state index < -0.39 is 0 Å². The van der Waals surface area contributed by atoms with Crippen molar-refractivity contribution in [2.45, 2.75) is 58.5 Å². The van der Waals surface area contributed by atoms with Crippen LogP contribution in [0.1, 0.15) is 58.1 Å². The maximum atomic E-state index is 6.09. The van der Waals surface area contributed by atoms with E-state index in [9.17, 15) is 0 Å². The molecule has 2 unspecified atom stereocenters. The van der Waals surface area contributed by atoms with Crippen LogP contribution < -0.4 is 5.32 Å². The molecule has 0 spiro atoms. The Kier molecular flexibility index (Phi) is 4.34. The molecule has 2 rings (SSSR count). The third kappa shape index (κ3) is 3.07. The van der Waals surface area contributed by atoms with Crippen molar-refractivity contribution >= 4 is 11.6 Å². The van der Waals surface area contributed by atoms with E-state index in [1.165, 1.54) is 24.8 Å². The Labute approximate surface area is 116 Å². The normalized spacial score (nSPS) is 24.1. The summed E-state index contributed by atoms with van der Waals surface area (Å²) in [5, 5.41) is 4.67. The van der Waals surface area contributed by atoms with Crippen LogP contribution in [0.15, 0.2) is 24.3 Å². The molecule has 0 radical (unpaired) electrons. The van der Waals surface area contributed by atoms with Crippen LogP contribution in [0.4, 0.5) is 0 Å². The van der Waals surface area contributed by atoms with Crippen LogP contribution in [-0.2, 0) is 0 Å². The highest BCUT2D eigenvalue weighted by atomic mass is 35.5. The van der Waals surface area contributed by atoms with Crippen LogP contribution in [-0.4, -0.2) is 6.04 Å². The van der Waals surface area contributed by atoms with Crippen molar-refractivity contribution in [1.82, 2.24) is 5.32 Å². The van der Waals surface area contributed by atoms with E-state index in [-0.39, 0.29) is 0 Å². The van der Waals surface area contributed by atoms with Gasteiger partial charge in [-0.15, -0.1) is 0 Å². The van der Waals surface area contributed by atoms with Crippen molar-refractivity contribution < 1.29 is 0 Å². The second kappa shape index (κ2) is 5.63. The van der Waals surface area contributed by atoms with Crippen molar-refractivity contribution in [3.05, 3.63) is 34.9 Å². The molecule has 0 amide bonds. The van der Waals surface area contributed by atoms with Crippen molar-refractivity contribution in [3.8, 4) is 0 Å². The molecule has 2 atom stereocenters. The summed E-state index contributed by atoms with van der Waals surface area (Å²) in [6.45, 7) is 6.99. The maximum absolute atomic E-state index is 6.09. The van der Waals surface area contributed by atoms with Crippen LogP contribution in [0.5, 0.6) is 0 Å². The van der Waals surface area contributed by atoms with E-state index in [2.05, 4.69) is 38.2 Å². The topological polar surface area (TPSA) is 12.0 Å². The summed E-state index contributed by atoms with van der Waals surface area (Å²) in [6.07, 6.45) is 5.07. The fraction of sp³-hybridized carbons (Fsp3) is 0.625. The fourth-order valence-corrected chi connectivity index (χ4v) is 3.25. The summed E-state index contributed by atoms with van der Waals surface area (Å²) < 4.78 is 0. The lowest BCUT2D eigenvalue weighted by Gasteiger charge is -2.32. The molecule has 1 aliphatic rings. The predicted octanol–water partition coefficient (Wildman–Crippen LogP) is 4.96. The lowest BCUT2D eigenvalue weighted by molar-refractivity contribution is 0.259. The zero-order valence-electron chi connectivity index (χ0n) is 11.7. The zero-order valence-corrected chi connectivity index (χ0v) is 12.4. The number of hydrogen-bond acceptors (Lipinski definition) is 1. The molecule has 1 fully saturated rings. The van der Waals surface area contributed by atoms with Gasteiger partial charge in [-0.25, -0.2) is 0 Å². The quantitative estimate of drug-likeness (QED) is 0.811. The molecule has 1 N–H and O–H groups in total. The van der Waals surface area contributed by atoms with Crippen LogP contribution in [0.25, 0.3) is 0 Å². The number of hydrogen-bond donors (Lipinski definition) is 1. The molecular weight excluding hydrogens is 242 g/mol. The van der Waals surface area contributed by atoms with Crippen LogP contribution in [0.2, 0.25) is 5.02 Å². The van der Waals surface area contributed by atoms with Crippen molar-refractivity contribution in [3.63, 3.8) is 0 Å². The van der Waals surface area contributed by atoms with Crippen LogP contribution in [0.3, 0.4) is 0 Å². The second-order valence-corrected chi connectivity index (χ2v) is 6.55. The van der Waals surface area contributed by atoms with E-state index >= 15 is 0 Å². The summed E-state index contributed by atoms with van der Waals surface area (Å²) in [7, 11) is 0. The van der Waals surface area contributed by atoms with Crippen LogP contribution in [0, 0.1) is 5.41 Å². The Morgan fingerprint density at radius 2 is 2.22 bits per heavy atom. The first-order valence-electron chi connectivity index (χ1n) is 7.04. The molecule has 0 saturated heterocycles. The fourth-order valence-electron chi connectivity index (χ4n) is 3.05. The van der Waals surface area contributed by atoms with Gasteiger partial charge >= 0.3 is 0 Å². The molecule has 1 nitrogen and oxygen atoms in total. The van der Waals surface area contributed by atoms with Gasteiger partial charge in [-0.2, -0.15) is 0 Å². The standard InChI is InChI=1S/C16H24ClN/c1-4-14(12-7-5-8-13(17)11-12)18-15-9-6-10-16(15,2)3/h5,7-8,11,14-15,18H,4,6,9-10H2,1-3H3. The number of halogens is 1. The average Bonchev–Trinajstić information content (AvgIpc) is 2.65. The minimum atomic E-state index is 0.422. The first kappa shape index (κ1) is 13.9. The van der Waals surface area contributed by atoms with Gasteiger partial charge in [-0.3, -0.25) is 0 Å². The van der Waals surface area contributed by atoms with E-state index in [4.69, 9.17) is 11.6 Å². The molecule has 0 bridgehead atoms. The zero-order chi connectivity index (χ0) is 13.2. The van der Waals surface area contributed by atoms with Gasteiger partial charge in [0.15, 0.2) is 0 Å². The molecular formula is C16H24ClN. The molecule has 0 heterocycles. The molecule has 1 aliphatic carbocycles. The number of benzene rings is 1. The third-order valence-corrected chi connectivity index (χ3v) is 4.55. The van der Waals surface area contributed by atoms with Gasteiger partial charge < -0.3 is 5.32 Å². The minimum Gasteiger partial charge on any atom is -0.307 e. The van der Waals surface area contributed by atoms with Crippen molar-refractivity contribution in [2.75, 3.05) is 0 Å². The first-order valence-corrected chi connectivity index (χ1v) is 7.42. The van der Waals surface area contributed by atoms with Gasteiger partial charge in [0.05, 0.1) is 0 Å². The highest BCUT2D eigenvalue weighted by molar-refractivity contribution is 6.30. The Bertz CT molecular complexity index is 400. The molecule has 1 aromatic carbocycles. The summed E-state index contributed by atoms with van der Waals surface area (Å²) in [4.78, 5) is 0. The molecule has 2 heteroatoms. The molecule has 100 valence electrons. The smallest absolute Gasteiger partial charge is 0.0409 e. The minimum absolute atomic E-state index is 0.422. The highest BCUT2D eigenvalue weighted by Crippen LogP contribution is 2.38. The van der Waals surface area contributed by atoms with Gasteiger partial charge in [0.1, 0.15) is 0 Å². The molecule has 1 saturated carbocycles. The number of nitrogens with one attached hydrogen (secondary N) is 1. The van der Waals surface area contributed by atoms with Gasteiger partial charge in [0.25, 0.3) is 0 Å². The van der Waals surface area contributed by atoms with E-state index in [1.54, 1.807) is 0 Å². The lowest BCUT2D eigenvalue weighted by atomic mass is 9.86. The lowest BCUT2D eigenvalue weighted by Crippen LogP contribution is -2.39. The summed E-state index contributed by atoms with van der Waals surface area (Å²) in [5.74, 6) is 0. The van der Waals surface area contributed by atoms with Crippen LogP contribution >= 0.6 is 11.6 Å². The predicted molar refractivity (Wildman–Crippen MR) is 79.0 cm³/mol. The maximum Gasteiger partial charge on any atom is 0.0409 e. The second-order valence-electron chi connectivity index (χ2n) is 6.12. The average molecular weight is 266 g/mol. The summed E-state index contributed by atoms with van der Waals surface area (Å²) in [5.41, 5.74) is 1.74. The monoisotopic (exact) mass is 265 g/mol. The highest BCUT2D eigenvalue weighted by Gasteiger charge is 2.35. The Morgan fingerprint density at radius 3 is 2.78 bits per heavy atom. The summed E-state index contributed by atoms with van der Waals surface area (Å²) in [6, 6.07) is 9.30. The molecule has 0 aliphatic heterocycles. The van der Waals surface area contributed by atoms with Gasteiger partial charge in [0, 0.05) is 17.1 Å². The molecule has 1 aromatic rings. The van der Waals surface area contributed by atoms with Gasteiger partial charge in [-0.05, 0) is 42.4 Å². The molecule has 0 aromatic heterocycles. The van der Waals surface area contributed by atoms with E-state index in [1.807, 2.05) is 12.1 Å². The Morgan fingerprint density at radius 1 is 1.44 bits per heavy atom. The van der Waals surface area contributed by atoms with E-state index in [0.29, 0.717) is 17.5 Å². The van der Waals surface area contributed by atoms with Gasteiger partial charge in [0.2, 0.25) is 0 Å². The Hall–Kier alpha value is -0.530. The van der Waals surface area contributed by atoms with Crippen molar-refractivity contribution in [2.24, 2.45) is 5.41 Å². The largest absolute Gasteiger partial charge is 0.307 e. The number of rotatable bonds is 4. The summed E-state index contributed by atoms with van der Waals surface area (Å²) >= 11 is 6.09. The molecule has 18 heavy (non-hydrogen) atoms. The van der Waals surface area contributed by atoms with Gasteiger partial charge in [-0.1, -0.05) is 50.9 Å².